The van der Waals surface area contributed by atoms with Crippen molar-refractivity contribution in [3.8, 4) is 0 Å². The molecule has 210 valence electrons. The molecule has 3 aliphatic rings. The van der Waals surface area contributed by atoms with Crippen molar-refractivity contribution in [1.29, 1.82) is 0 Å². The summed E-state index contributed by atoms with van der Waals surface area (Å²) in [6.45, 7) is 13.9. The first kappa shape index (κ1) is 30.3. The Morgan fingerprint density at radius 3 is 2.55 bits per heavy atom. The largest absolute Gasteiger partial charge is 0.478 e. The van der Waals surface area contributed by atoms with Crippen molar-refractivity contribution in [2.24, 2.45) is 29.1 Å². The van der Waals surface area contributed by atoms with Gasteiger partial charge in [0.2, 0.25) is 0 Å². The number of nitrogens with zero attached hydrogens (tertiary/aromatic N) is 1. The molecule has 1 aromatic heterocycles. The number of aromatic nitrogens is 1. The lowest BCUT2D eigenvalue weighted by Gasteiger charge is -2.44. The third-order valence-corrected chi connectivity index (χ3v) is 9.33. The second-order valence-electron chi connectivity index (χ2n) is 12.6. The first-order valence-corrected chi connectivity index (χ1v) is 14.6. The Balaban J connectivity index is 0.000000375. The number of carboxylic acid groups (broad SMARTS) is 1. The first-order valence-electron chi connectivity index (χ1n) is 14.6. The normalized spacial score (nSPS) is 29.6. The molecule has 0 unspecified atom stereocenters. The molecule has 1 heterocycles. The number of hydrogen-bond donors (Lipinski definition) is 3. The van der Waals surface area contributed by atoms with Crippen molar-refractivity contribution >= 4 is 5.97 Å². The Morgan fingerprint density at radius 2 is 1.92 bits per heavy atom. The minimum Gasteiger partial charge on any atom is -0.478 e. The minimum absolute atomic E-state index is 0.220. The van der Waals surface area contributed by atoms with Gasteiger partial charge in [-0.3, -0.25) is 4.98 Å². The van der Waals surface area contributed by atoms with E-state index in [1.54, 1.807) is 11.6 Å². The number of rotatable bonds is 7. The van der Waals surface area contributed by atoms with Crippen molar-refractivity contribution in [2.45, 2.75) is 104 Å². The second-order valence-corrected chi connectivity index (χ2v) is 12.6. The molecule has 3 aliphatic carbocycles. The first-order chi connectivity index (χ1) is 17.9. The predicted octanol–water partition coefficient (Wildman–Crippen LogP) is 7.72. The number of pyridine rings is 1. The van der Waals surface area contributed by atoms with E-state index in [-0.39, 0.29) is 5.56 Å². The SMILES string of the molecule is C=C1CCC(O)(O)C/C1=C/C=C1\CCC[C@]2(C)[C@@H]([C@H](C)CCCC(C)C)CC[C@@H]12.O=C(O)c1cccnc1. The molecule has 0 bridgehead atoms. The Hall–Kier alpha value is -2.24. The van der Waals surface area contributed by atoms with Crippen molar-refractivity contribution in [3.63, 3.8) is 0 Å². The molecule has 4 rings (SSSR count). The summed E-state index contributed by atoms with van der Waals surface area (Å²) in [5.74, 6) is 0.694. The van der Waals surface area contributed by atoms with E-state index in [1.807, 2.05) is 0 Å². The minimum atomic E-state index is -1.56. The van der Waals surface area contributed by atoms with Crippen LogP contribution >= 0.6 is 0 Å². The molecular weight excluding hydrogens is 474 g/mol. The van der Waals surface area contributed by atoms with Crippen LogP contribution < -0.4 is 0 Å². The maximum absolute atomic E-state index is 10.2. The molecule has 38 heavy (non-hydrogen) atoms. The van der Waals surface area contributed by atoms with Crippen molar-refractivity contribution in [3.05, 3.63) is 65.5 Å². The van der Waals surface area contributed by atoms with E-state index in [4.69, 9.17) is 5.11 Å². The van der Waals surface area contributed by atoms with E-state index in [0.717, 1.165) is 28.9 Å². The van der Waals surface area contributed by atoms with E-state index in [2.05, 4.69) is 51.4 Å². The van der Waals surface area contributed by atoms with Crippen LogP contribution in [0.2, 0.25) is 0 Å². The molecule has 5 heteroatoms. The lowest BCUT2D eigenvalue weighted by molar-refractivity contribution is -0.166. The van der Waals surface area contributed by atoms with Gasteiger partial charge >= 0.3 is 5.97 Å². The fourth-order valence-corrected chi connectivity index (χ4v) is 7.17. The summed E-state index contributed by atoms with van der Waals surface area (Å²) >= 11 is 0. The summed E-state index contributed by atoms with van der Waals surface area (Å²) in [6, 6.07) is 3.08. The van der Waals surface area contributed by atoms with Crippen LogP contribution in [0.25, 0.3) is 0 Å². The molecular formula is C33H49NO4. The van der Waals surface area contributed by atoms with Gasteiger partial charge in [-0.1, -0.05) is 76.8 Å². The summed E-state index contributed by atoms with van der Waals surface area (Å²) in [4.78, 5) is 13.8. The predicted molar refractivity (Wildman–Crippen MR) is 154 cm³/mol. The third-order valence-electron chi connectivity index (χ3n) is 9.33. The fraction of sp³-hybridized carbons (Fsp3) is 0.636. The van der Waals surface area contributed by atoms with Gasteiger partial charge < -0.3 is 15.3 Å². The van der Waals surface area contributed by atoms with E-state index in [9.17, 15) is 15.0 Å². The van der Waals surface area contributed by atoms with Crippen LogP contribution in [-0.4, -0.2) is 32.1 Å². The second kappa shape index (κ2) is 13.2. The number of fused-ring (bicyclic) bond motifs is 1. The highest BCUT2D eigenvalue weighted by molar-refractivity contribution is 5.86. The molecule has 5 nitrogen and oxygen atoms in total. The Bertz CT molecular complexity index is 1010. The zero-order chi connectivity index (χ0) is 27.9. The third kappa shape index (κ3) is 7.89. The van der Waals surface area contributed by atoms with E-state index < -0.39 is 11.8 Å². The molecule has 0 spiro atoms. The highest BCUT2D eigenvalue weighted by atomic mass is 16.5. The summed E-state index contributed by atoms with van der Waals surface area (Å²) in [5.41, 5.74) is 4.36. The van der Waals surface area contributed by atoms with Gasteiger partial charge in [-0.05, 0) is 85.3 Å². The average Bonchev–Trinajstić information content (AvgIpc) is 3.23. The Kier molecular flexibility index (Phi) is 10.5. The van der Waals surface area contributed by atoms with Crippen molar-refractivity contribution < 1.29 is 20.1 Å². The number of carbonyl (C=O) groups is 1. The average molecular weight is 524 g/mol. The highest BCUT2D eigenvalue weighted by Gasteiger charge is 2.50. The smallest absolute Gasteiger partial charge is 0.337 e. The lowest BCUT2D eigenvalue weighted by Crippen LogP contribution is -2.36. The number of hydrogen-bond acceptors (Lipinski definition) is 4. The Labute approximate surface area is 229 Å². The van der Waals surface area contributed by atoms with Crippen LogP contribution in [0.4, 0.5) is 0 Å². The van der Waals surface area contributed by atoms with Gasteiger partial charge in [0.1, 0.15) is 0 Å². The van der Waals surface area contributed by atoms with Crippen LogP contribution in [0.15, 0.2) is 60.0 Å². The maximum Gasteiger partial charge on any atom is 0.337 e. The van der Waals surface area contributed by atoms with Crippen LogP contribution in [0, 0.1) is 29.1 Å². The summed E-state index contributed by atoms with van der Waals surface area (Å²) in [7, 11) is 0. The Morgan fingerprint density at radius 1 is 1.16 bits per heavy atom. The van der Waals surface area contributed by atoms with Gasteiger partial charge in [0.15, 0.2) is 5.79 Å². The van der Waals surface area contributed by atoms with Gasteiger partial charge in [0.05, 0.1) is 5.56 Å². The summed E-state index contributed by atoms with van der Waals surface area (Å²) in [5, 5.41) is 28.4. The maximum atomic E-state index is 10.2. The molecule has 0 saturated heterocycles. The summed E-state index contributed by atoms with van der Waals surface area (Å²) < 4.78 is 0. The topological polar surface area (TPSA) is 90.7 Å². The summed E-state index contributed by atoms with van der Waals surface area (Å²) in [6.07, 6.45) is 19.4. The van der Waals surface area contributed by atoms with Crippen LogP contribution in [0.5, 0.6) is 0 Å². The lowest BCUT2D eigenvalue weighted by atomic mass is 9.60. The zero-order valence-corrected chi connectivity index (χ0v) is 24.0. The number of aliphatic hydroxyl groups is 2. The van der Waals surface area contributed by atoms with E-state index in [0.29, 0.717) is 30.6 Å². The monoisotopic (exact) mass is 523 g/mol. The molecule has 0 radical (unpaired) electrons. The molecule has 3 N–H and O–H groups in total. The molecule has 3 fully saturated rings. The van der Waals surface area contributed by atoms with Gasteiger partial charge in [0, 0.05) is 25.2 Å². The molecule has 0 aromatic carbocycles. The molecule has 0 aliphatic heterocycles. The van der Waals surface area contributed by atoms with E-state index in [1.165, 1.54) is 69.8 Å². The van der Waals surface area contributed by atoms with Gasteiger partial charge in [-0.15, -0.1) is 0 Å². The zero-order valence-electron chi connectivity index (χ0n) is 24.0. The van der Waals surface area contributed by atoms with Gasteiger partial charge in [-0.25, -0.2) is 4.79 Å². The fourth-order valence-electron chi connectivity index (χ4n) is 7.17. The van der Waals surface area contributed by atoms with Crippen molar-refractivity contribution in [2.75, 3.05) is 0 Å². The van der Waals surface area contributed by atoms with Crippen LogP contribution in [0.1, 0.15) is 109 Å². The molecule has 4 atom stereocenters. The number of aromatic carboxylic acids is 1. The molecule has 1 aromatic rings. The van der Waals surface area contributed by atoms with Crippen LogP contribution in [-0.2, 0) is 0 Å². The van der Waals surface area contributed by atoms with Crippen LogP contribution in [0.3, 0.4) is 0 Å². The highest BCUT2D eigenvalue weighted by Crippen LogP contribution is 2.60. The standard InChI is InChI=1S/C27H44O2.C6H5NO2/c1-19(2)8-6-9-21(4)24-13-14-25-22(10-7-16-26(24,25)5)11-12-23-18-27(28,29)17-15-20(23)3;8-6(9)5-2-1-3-7-4-5/h11-12,19,21,24-25,28-29H,3,6-10,13-18H2,1-2,4-5H3;1-4H,(H,8,9)/b22-11+,23-12-;/t21-,24-,25+,26-;/m1./s1. The van der Waals surface area contributed by atoms with Crippen molar-refractivity contribution in [1.82, 2.24) is 4.98 Å². The molecule has 3 saturated carbocycles. The van der Waals surface area contributed by atoms with Gasteiger partial charge in [0.25, 0.3) is 0 Å². The van der Waals surface area contributed by atoms with E-state index >= 15 is 0 Å². The van der Waals surface area contributed by atoms with Gasteiger partial charge in [-0.2, -0.15) is 0 Å². The number of allylic oxidation sites excluding steroid dienone is 4. The quantitative estimate of drug-likeness (QED) is 0.318. The number of carboxylic acids is 1. The molecule has 0 amide bonds.